The van der Waals surface area contributed by atoms with Gasteiger partial charge in [0.05, 0.1) is 17.4 Å². The third-order valence-corrected chi connectivity index (χ3v) is 8.22. The largest absolute Gasteiger partial charge is 0.390 e. The zero-order chi connectivity index (χ0) is 25.5. The Morgan fingerprint density at radius 1 is 0.973 bits per heavy atom. The van der Waals surface area contributed by atoms with Crippen LogP contribution in [-0.4, -0.2) is 54.3 Å². The van der Waals surface area contributed by atoms with Gasteiger partial charge in [0, 0.05) is 42.8 Å². The predicted molar refractivity (Wildman–Crippen MR) is 151 cm³/mol. The molecule has 0 radical (unpaired) electrons. The number of nitrogens with zero attached hydrogens (tertiary/aromatic N) is 1. The van der Waals surface area contributed by atoms with Crippen LogP contribution >= 0.6 is 0 Å². The normalized spacial score (nSPS) is 19.7. The lowest BCUT2D eigenvalue weighted by atomic mass is 9.89. The van der Waals surface area contributed by atoms with Crippen molar-refractivity contribution in [3.8, 4) is 0 Å². The SMILES string of the molecule is O=C(NCC(O)CNCC1CCCCC1)c1ccc2[nH]ccc2c1N1CCCCC1Cc1ccccc1. The van der Waals surface area contributed by atoms with E-state index in [2.05, 4.69) is 56.9 Å². The second kappa shape index (κ2) is 12.6. The Hall–Kier alpha value is -2.83. The molecule has 6 heteroatoms. The summed E-state index contributed by atoms with van der Waals surface area (Å²) < 4.78 is 0. The first-order valence-corrected chi connectivity index (χ1v) is 14.3. The molecule has 4 N–H and O–H groups in total. The molecule has 0 bridgehead atoms. The van der Waals surface area contributed by atoms with Crippen LogP contribution in [0.2, 0.25) is 0 Å². The standard InChI is InChI=1S/C31H42N4O2/c36-26(21-32-20-24-11-5-2-6-12-24)22-34-31(37)28-14-15-29-27(16-17-33-29)30(28)35-18-8-7-13-25(35)19-23-9-3-1-4-10-23/h1,3-4,9-10,14-17,24-26,32-33,36H,2,5-8,11-13,18-22H2,(H,34,37). The maximum Gasteiger partial charge on any atom is 0.253 e. The topological polar surface area (TPSA) is 80.4 Å². The molecule has 2 aliphatic rings. The number of H-pyrrole nitrogens is 1. The van der Waals surface area contributed by atoms with Crippen LogP contribution < -0.4 is 15.5 Å². The summed E-state index contributed by atoms with van der Waals surface area (Å²) in [6.45, 7) is 2.65. The van der Waals surface area contributed by atoms with Crippen LogP contribution in [-0.2, 0) is 6.42 Å². The van der Waals surface area contributed by atoms with Gasteiger partial charge in [-0.15, -0.1) is 0 Å². The molecule has 1 saturated carbocycles. The Kier molecular flexibility index (Phi) is 8.80. The third kappa shape index (κ3) is 6.55. The first-order valence-electron chi connectivity index (χ1n) is 14.3. The van der Waals surface area contributed by atoms with Gasteiger partial charge in [-0.1, -0.05) is 49.6 Å². The number of aliphatic hydroxyl groups is 1. The molecule has 1 saturated heterocycles. The van der Waals surface area contributed by atoms with Gasteiger partial charge in [0.15, 0.2) is 0 Å². The number of benzene rings is 2. The predicted octanol–water partition coefficient (Wildman–Crippen LogP) is 5.03. The summed E-state index contributed by atoms with van der Waals surface area (Å²) in [5.41, 5.74) is 4.08. The molecule has 1 amide bonds. The fraction of sp³-hybridized carbons (Fsp3) is 0.516. The summed E-state index contributed by atoms with van der Waals surface area (Å²) in [5.74, 6) is 0.605. The van der Waals surface area contributed by atoms with Gasteiger partial charge in [0.1, 0.15) is 0 Å². The highest BCUT2D eigenvalue weighted by Gasteiger charge is 2.28. The minimum Gasteiger partial charge on any atom is -0.390 e. The Bertz CT molecular complexity index is 1140. The summed E-state index contributed by atoms with van der Waals surface area (Å²) in [4.78, 5) is 19.3. The van der Waals surface area contributed by atoms with Gasteiger partial charge >= 0.3 is 0 Å². The molecule has 0 spiro atoms. The number of hydrogen-bond acceptors (Lipinski definition) is 4. The average Bonchev–Trinajstić information content (AvgIpc) is 3.42. The second-order valence-electron chi connectivity index (χ2n) is 11.0. The van der Waals surface area contributed by atoms with Crippen molar-refractivity contribution >= 4 is 22.5 Å². The van der Waals surface area contributed by atoms with Crippen molar-refractivity contribution in [1.82, 2.24) is 15.6 Å². The van der Waals surface area contributed by atoms with Crippen molar-refractivity contribution in [2.24, 2.45) is 5.92 Å². The van der Waals surface area contributed by atoms with Gasteiger partial charge < -0.3 is 25.6 Å². The Morgan fingerprint density at radius 3 is 2.62 bits per heavy atom. The van der Waals surface area contributed by atoms with E-state index in [-0.39, 0.29) is 12.5 Å². The van der Waals surface area contributed by atoms with Gasteiger partial charge in [-0.2, -0.15) is 0 Å². The van der Waals surface area contributed by atoms with Crippen molar-refractivity contribution in [2.75, 3.05) is 31.1 Å². The number of fused-ring (bicyclic) bond motifs is 1. The van der Waals surface area contributed by atoms with Crippen molar-refractivity contribution in [3.05, 3.63) is 65.9 Å². The van der Waals surface area contributed by atoms with Crippen molar-refractivity contribution in [1.29, 1.82) is 0 Å². The van der Waals surface area contributed by atoms with Crippen LogP contribution in [0.25, 0.3) is 10.9 Å². The van der Waals surface area contributed by atoms with Gasteiger partial charge in [0.2, 0.25) is 0 Å². The molecule has 2 aromatic carbocycles. The van der Waals surface area contributed by atoms with Crippen LogP contribution in [0, 0.1) is 5.92 Å². The van der Waals surface area contributed by atoms with E-state index in [9.17, 15) is 9.90 Å². The molecular formula is C31H42N4O2. The third-order valence-electron chi connectivity index (χ3n) is 8.22. The van der Waals surface area contributed by atoms with E-state index in [1.54, 1.807) is 0 Å². The fourth-order valence-corrected chi connectivity index (χ4v) is 6.23. The number of piperidine rings is 1. The van der Waals surface area contributed by atoms with Gasteiger partial charge in [0.25, 0.3) is 5.91 Å². The number of anilines is 1. The number of nitrogens with one attached hydrogen (secondary N) is 3. The van der Waals surface area contributed by atoms with E-state index in [4.69, 9.17) is 0 Å². The Morgan fingerprint density at radius 2 is 1.78 bits per heavy atom. The van der Waals surface area contributed by atoms with Crippen molar-refractivity contribution in [2.45, 2.75) is 69.9 Å². The zero-order valence-corrected chi connectivity index (χ0v) is 21.9. The smallest absolute Gasteiger partial charge is 0.253 e. The minimum atomic E-state index is -0.604. The van der Waals surface area contributed by atoms with Gasteiger partial charge in [-0.3, -0.25) is 4.79 Å². The number of rotatable bonds is 10. The number of aromatic amines is 1. The molecule has 1 aromatic heterocycles. The second-order valence-corrected chi connectivity index (χ2v) is 11.0. The zero-order valence-electron chi connectivity index (χ0n) is 21.9. The lowest BCUT2D eigenvalue weighted by Crippen LogP contribution is -2.43. The maximum atomic E-state index is 13.5. The molecule has 2 unspecified atom stereocenters. The summed E-state index contributed by atoms with van der Waals surface area (Å²) in [6, 6.07) is 17.0. The van der Waals surface area contributed by atoms with E-state index >= 15 is 0 Å². The Balaban J connectivity index is 1.27. The van der Waals surface area contributed by atoms with Gasteiger partial charge in [-0.05, 0) is 74.8 Å². The van der Waals surface area contributed by atoms with Crippen molar-refractivity contribution in [3.63, 3.8) is 0 Å². The summed E-state index contributed by atoms with van der Waals surface area (Å²) >= 11 is 0. The number of amides is 1. The lowest BCUT2D eigenvalue weighted by Gasteiger charge is -2.39. The summed E-state index contributed by atoms with van der Waals surface area (Å²) in [5, 5.41) is 18.1. The molecule has 2 fully saturated rings. The van der Waals surface area contributed by atoms with E-state index in [1.807, 2.05) is 18.3 Å². The number of aliphatic hydroxyl groups excluding tert-OH is 1. The molecule has 2 atom stereocenters. The molecule has 198 valence electrons. The molecule has 3 aromatic rings. The van der Waals surface area contributed by atoms with E-state index in [0.29, 0.717) is 18.2 Å². The minimum absolute atomic E-state index is 0.117. The molecule has 1 aliphatic carbocycles. The van der Waals surface area contributed by atoms with Crippen LogP contribution in [0.1, 0.15) is 67.3 Å². The van der Waals surface area contributed by atoms with Crippen LogP contribution in [0.15, 0.2) is 54.7 Å². The van der Waals surface area contributed by atoms with E-state index in [0.717, 1.165) is 54.9 Å². The average molecular weight is 503 g/mol. The fourth-order valence-electron chi connectivity index (χ4n) is 6.23. The first kappa shape index (κ1) is 25.8. The number of carbonyl (C=O) groups excluding carboxylic acids is 1. The number of carbonyl (C=O) groups is 1. The molecule has 2 heterocycles. The highest BCUT2D eigenvalue weighted by molar-refractivity contribution is 6.08. The lowest BCUT2D eigenvalue weighted by molar-refractivity contribution is 0.0915. The van der Waals surface area contributed by atoms with Crippen LogP contribution in [0.4, 0.5) is 5.69 Å². The highest BCUT2D eigenvalue weighted by atomic mass is 16.3. The van der Waals surface area contributed by atoms with Crippen LogP contribution in [0.5, 0.6) is 0 Å². The Labute approximate surface area is 220 Å². The molecular weight excluding hydrogens is 460 g/mol. The molecule has 6 nitrogen and oxygen atoms in total. The number of hydrogen-bond donors (Lipinski definition) is 4. The van der Waals surface area contributed by atoms with Gasteiger partial charge in [-0.25, -0.2) is 0 Å². The quantitative estimate of drug-likeness (QED) is 0.314. The van der Waals surface area contributed by atoms with E-state index < -0.39 is 6.10 Å². The maximum absolute atomic E-state index is 13.5. The monoisotopic (exact) mass is 502 g/mol. The summed E-state index contributed by atoms with van der Waals surface area (Å²) in [7, 11) is 0. The van der Waals surface area contributed by atoms with Crippen LogP contribution in [0.3, 0.4) is 0 Å². The molecule has 37 heavy (non-hydrogen) atoms. The summed E-state index contributed by atoms with van der Waals surface area (Å²) in [6.07, 6.45) is 12.3. The van der Waals surface area contributed by atoms with E-state index in [1.165, 1.54) is 44.1 Å². The number of aromatic nitrogens is 1. The molecule has 1 aliphatic heterocycles. The first-order chi connectivity index (χ1) is 18.2. The highest BCUT2D eigenvalue weighted by Crippen LogP contribution is 2.36. The van der Waals surface area contributed by atoms with Crippen molar-refractivity contribution < 1.29 is 9.90 Å². The molecule has 5 rings (SSSR count).